The predicted molar refractivity (Wildman–Crippen MR) is 102 cm³/mol. The van der Waals surface area contributed by atoms with E-state index in [0.29, 0.717) is 31.2 Å². The second-order valence-corrected chi connectivity index (χ2v) is 5.90. The van der Waals surface area contributed by atoms with Gasteiger partial charge in [0.1, 0.15) is 24.1 Å². The normalized spacial score (nSPS) is 10.3. The number of carbonyl (C=O) groups excluding carboxylic acids is 1. The van der Waals surface area contributed by atoms with Gasteiger partial charge in [-0.25, -0.2) is 9.97 Å². The van der Waals surface area contributed by atoms with Gasteiger partial charge in [-0.2, -0.15) is 0 Å². The smallest absolute Gasteiger partial charge is 0.254 e. The van der Waals surface area contributed by atoms with E-state index >= 15 is 0 Å². The molecule has 0 unspecified atom stereocenters. The summed E-state index contributed by atoms with van der Waals surface area (Å²) in [6.07, 6.45) is 3.19. The number of hydrogen-bond acceptors (Lipinski definition) is 5. The zero-order valence-electron chi connectivity index (χ0n) is 14.5. The lowest BCUT2D eigenvalue weighted by Crippen LogP contribution is -2.23. The molecule has 0 atom stereocenters. The maximum Gasteiger partial charge on any atom is 0.254 e. The van der Waals surface area contributed by atoms with Crippen molar-refractivity contribution >= 4 is 17.5 Å². The molecule has 2 heterocycles. The topological polar surface area (TPSA) is 73.3 Å². The Bertz CT molecular complexity index is 873. The van der Waals surface area contributed by atoms with Crippen LogP contribution in [0.1, 0.15) is 15.9 Å². The molecular weight excluding hydrogens is 366 g/mol. The summed E-state index contributed by atoms with van der Waals surface area (Å²) < 4.78 is 11.1. The lowest BCUT2D eigenvalue weighted by Gasteiger charge is -2.09. The molecule has 1 N–H and O–H groups in total. The van der Waals surface area contributed by atoms with Crippen LogP contribution in [0.5, 0.6) is 11.6 Å². The molecule has 3 rings (SSSR count). The molecule has 0 fully saturated rings. The second-order valence-electron chi connectivity index (χ2n) is 5.54. The summed E-state index contributed by atoms with van der Waals surface area (Å²) >= 11 is 5.91. The van der Waals surface area contributed by atoms with E-state index in [2.05, 4.69) is 15.3 Å². The summed E-state index contributed by atoms with van der Waals surface area (Å²) in [6.45, 7) is 1.14. The van der Waals surface area contributed by atoms with E-state index in [1.807, 2.05) is 36.4 Å². The fourth-order valence-corrected chi connectivity index (χ4v) is 2.46. The van der Waals surface area contributed by atoms with E-state index in [0.717, 1.165) is 11.3 Å². The van der Waals surface area contributed by atoms with Gasteiger partial charge >= 0.3 is 0 Å². The fourth-order valence-electron chi connectivity index (χ4n) is 2.26. The van der Waals surface area contributed by atoms with Gasteiger partial charge < -0.3 is 14.8 Å². The van der Waals surface area contributed by atoms with Gasteiger partial charge in [0.05, 0.1) is 5.56 Å². The molecule has 1 amide bonds. The van der Waals surface area contributed by atoms with Crippen LogP contribution in [0.3, 0.4) is 0 Å². The highest BCUT2D eigenvalue weighted by Gasteiger charge is 2.10. The Morgan fingerprint density at radius 2 is 1.78 bits per heavy atom. The lowest BCUT2D eigenvalue weighted by atomic mass is 10.2. The summed E-state index contributed by atoms with van der Waals surface area (Å²) in [5.41, 5.74) is 1.18. The molecule has 27 heavy (non-hydrogen) atoms. The zero-order valence-corrected chi connectivity index (χ0v) is 15.2. The predicted octanol–water partition coefficient (Wildman–Crippen LogP) is 3.52. The maximum atomic E-state index is 12.1. The van der Waals surface area contributed by atoms with E-state index in [1.54, 1.807) is 24.4 Å². The minimum absolute atomic E-state index is 0.176. The Morgan fingerprint density at radius 1 is 0.963 bits per heavy atom. The van der Waals surface area contributed by atoms with Crippen molar-refractivity contribution in [3.63, 3.8) is 0 Å². The molecule has 2 aromatic heterocycles. The summed E-state index contributed by atoms with van der Waals surface area (Å²) in [7, 11) is 0. The number of aromatic nitrogens is 2. The van der Waals surface area contributed by atoms with Crippen LogP contribution in [0.4, 0.5) is 0 Å². The van der Waals surface area contributed by atoms with Crippen molar-refractivity contribution in [1.29, 1.82) is 0 Å². The molecule has 7 heteroatoms. The molecule has 138 valence electrons. The van der Waals surface area contributed by atoms with Crippen molar-refractivity contribution in [1.82, 2.24) is 15.3 Å². The van der Waals surface area contributed by atoms with Crippen molar-refractivity contribution in [2.75, 3.05) is 13.2 Å². The Hall–Kier alpha value is -3.12. The molecule has 0 aliphatic heterocycles. The highest BCUT2D eigenvalue weighted by atomic mass is 35.5. The first-order valence-corrected chi connectivity index (χ1v) is 8.74. The van der Waals surface area contributed by atoms with Gasteiger partial charge in [-0.3, -0.25) is 4.79 Å². The second kappa shape index (κ2) is 9.54. The van der Waals surface area contributed by atoms with Crippen molar-refractivity contribution < 1.29 is 14.3 Å². The van der Waals surface area contributed by atoms with Crippen molar-refractivity contribution in [2.24, 2.45) is 0 Å². The highest BCUT2D eigenvalue weighted by molar-refractivity contribution is 6.32. The average molecular weight is 384 g/mol. The number of ether oxygens (including phenoxy) is 2. The first-order valence-electron chi connectivity index (χ1n) is 8.36. The third-order valence-corrected chi connectivity index (χ3v) is 3.90. The number of benzene rings is 1. The summed E-state index contributed by atoms with van der Waals surface area (Å²) in [5.74, 6) is 1.01. The summed E-state index contributed by atoms with van der Waals surface area (Å²) in [6, 6.07) is 16.4. The zero-order chi connectivity index (χ0) is 18.9. The molecule has 0 radical (unpaired) electrons. The van der Waals surface area contributed by atoms with Gasteiger partial charge in [0, 0.05) is 25.0 Å². The number of pyridine rings is 2. The Labute approximate surface area is 162 Å². The number of amides is 1. The van der Waals surface area contributed by atoms with Crippen LogP contribution in [0, 0.1) is 0 Å². The van der Waals surface area contributed by atoms with E-state index in [4.69, 9.17) is 21.1 Å². The highest BCUT2D eigenvalue weighted by Crippen LogP contribution is 2.12. The Balaban J connectivity index is 1.42. The van der Waals surface area contributed by atoms with Gasteiger partial charge in [-0.05, 0) is 29.8 Å². The molecule has 0 aliphatic rings. The third-order valence-electron chi connectivity index (χ3n) is 3.60. The number of hydrogen-bond donors (Lipinski definition) is 1. The van der Waals surface area contributed by atoms with Crippen molar-refractivity contribution in [3.8, 4) is 11.6 Å². The standard InChI is InChI=1S/C20H18ClN3O3/c21-19-17(7-4-10-22-19)20(25)24-14-15-8-9-18(23-13-15)27-12-11-26-16-5-2-1-3-6-16/h1-10,13H,11-12,14H2,(H,24,25). The maximum absolute atomic E-state index is 12.1. The van der Waals surface area contributed by atoms with Crippen LogP contribution in [0.15, 0.2) is 67.0 Å². The number of nitrogens with zero attached hydrogens (tertiary/aromatic N) is 2. The van der Waals surface area contributed by atoms with Gasteiger partial charge in [-0.1, -0.05) is 35.9 Å². The van der Waals surface area contributed by atoms with E-state index in [1.165, 1.54) is 6.20 Å². The van der Waals surface area contributed by atoms with Gasteiger partial charge in [0.25, 0.3) is 5.91 Å². The molecule has 0 saturated carbocycles. The van der Waals surface area contributed by atoms with E-state index in [-0.39, 0.29) is 11.1 Å². The van der Waals surface area contributed by atoms with Crippen molar-refractivity contribution in [2.45, 2.75) is 6.54 Å². The largest absolute Gasteiger partial charge is 0.490 e. The quantitative estimate of drug-likeness (QED) is 0.476. The van der Waals surface area contributed by atoms with Crippen LogP contribution < -0.4 is 14.8 Å². The molecule has 6 nitrogen and oxygen atoms in total. The number of rotatable bonds is 8. The summed E-state index contributed by atoms with van der Waals surface area (Å²) in [4.78, 5) is 20.2. The van der Waals surface area contributed by atoms with Crippen LogP contribution >= 0.6 is 11.6 Å². The van der Waals surface area contributed by atoms with Crippen LogP contribution in [0.25, 0.3) is 0 Å². The monoisotopic (exact) mass is 383 g/mol. The van der Waals surface area contributed by atoms with E-state index < -0.39 is 0 Å². The van der Waals surface area contributed by atoms with Gasteiger partial charge in [-0.15, -0.1) is 0 Å². The first-order chi connectivity index (χ1) is 13.2. The van der Waals surface area contributed by atoms with Crippen molar-refractivity contribution in [3.05, 3.63) is 83.3 Å². The number of para-hydroxylation sites is 1. The van der Waals surface area contributed by atoms with Gasteiger partial charge in [0.15, 0.2) is 0 Å². The average Bonchev–Trinajstić information content (AvgIpc) is 2.71. The number of halogens is 1. The van der Waals surface area contributed by atoms with E-state index in [9.17, 15) is 4.79 Å². The minimum atomic E-state index is -0.286. The Morgan fingerprint density at radius 3 is 2.52 bits per heavy atom. The SMILES string of the molecule is O=C(NCc1ccc(OCCOc2ccccc2)nc1)c1cccnc1Cl. The third kappa shape index (κ3) is 5.69. The molecule has 1 aromatic carbocycles. The fraction of sp³-hybridized carbons (Fsp3) is 0.150. The molecule has 0 spiro atoms. The Kier molecular flexibility index (Phi) is 6.60. The number of nitrogens with one attached hydrogen (secondary N) is 1. The molecule has 3 aromatic rings. The molecular formula is C20H18ClN3O3. The molecule has 0 bridgehead atoms. The lowest BCUT2D eigenvalue weighted by molar-refractivity contribution is 0.0950. The van der Waals surface area contributed by atoms with Crippen LogP contribution in [-0.2, 0) is 6.54 Å². The first kappa shape index (κ1) is 18.7. The minimum Gasteiger partial charge on any atom is -0.490 e. The van der Waals surface area contributed by atoms with Crippen LogP contribution in [-0.4, -0.2) is 29.1 Å². The van der Waals surface area contributed by atoms with Crippen LogP contribution in [0.2, 0.25) is 5.15 Å². The molecule has 0 aliphatic carbocycles. The number of carbonyl (C=O) groups is 1. The molecule has 0 saturated heterocycles. The van der Waals surface area contributed by atoms with Gasteiger partial charge in [0.2, 0.25) is 5.88 Å². The summed E-state index contributed by atoms with van der Waals surface area (Å²) in [5, 5.41) is 2.96.